The quantitative estimate of drug-likeness (QED) is 0.421. The van der Waals surface area contributed by atoms with Gasteiger partial charge in [-0.25, -0.2) is 4.39 Å². The summed E-state index contributed by atoms with van der Waals surface area (Å²) in [6, 6.07) is 5.40. The molecule has 1 nitrogen and oxygen atoms in total. The summed E-state index contributed by atoms with van der Waals surface area (Å²) in [6.45, 7) is 4.91. The maximum Gasteiger partial charge on any atom is 0.165 e. The minimum absolute atomic E-state index is 0.225. The second kappa shape index (κ2) is 10.8. The molecule has 1 saturated carbocycles. The molecule has 1 aromatic rings. The van der Waals surface area contributed by atoms with Crippen LogP contribution < -0.4 is 4.74 Å². The Morgan fingerprint density at radius 2 is 1.86 bits per heavy atom. The lowest BCUT2D eigenvalue weighted by molar-refractivity contribution is 0.208. The number of benzene rings is 1. The highest BCUT2D eigenvalue weighted by Crippen LogP contribution is 2.39. The van der Waals surface area contributed by atoms with Gasteiger partial charge in [0.15, 0.2) is 11.6 Å². The normalized spacial score (nSPS) is 28.0. The van der Waals surface area contributed by atoms with Crippen LogP contribution in [0.3, 0.4) is 0 Å². The zero-order valence-corrected chi connectivity index (χ0v) is 17.7. The van der Waals surface area contributed by atoms with Crippen molar-refractivity contribution >= 4 is 0 Å². The van der Waals surface area contributed by atoms with Gasteiger partial charge < -0.3 is 4.74 Å². The van der Waals surface area contributed by atoms with Gasteiger partial charge in [-0.3, -0.25) is 0 Å². The standard InChI is InChI=1S/C26H37FO/c1-3-5-7-20-8-13-23(14-9-20)24-15-10-22(11-16-24)19-28-26-17-12-21(6-4-2)18-25(26)27/h5,7,10,12,15,17-18,20,22-24H,3-4,6,8-9,11,13-14,16,19H2,1-2H3/b7-5+. The Labute approximate surface area is 171 Å². The molecular formula is C26H37FO. The maximum absolute atomic E-state index is 14.2. The monoisotopic (exact) mass is 384 g/mol. The molecule has 0 bridgehead atoms. The molecule has 2 atom stereocenters. The van der Waals surface area contributed by atoms with E-state index in [2.05, 4.69) is 38.2 Å². The van der Waals surface area contributed by atoms with Crippen LogP contribution in [0.25, 0.3) is 0 Å². The van der Waals surface area contributed by atoms with Gasteiger partial charge in [0.1, 0.15) is 0 Å². The average molecular weight is 385 g/mol. The first-order valence-corrected chi connectivity index (χ1v) is 11.5. The molecule has 1 fully saturated rings. The van der Waals surface area contributed by atoms with E-state index in [0.717, 1.165) is 49.0 Å². The van der Waals surface area contributed by atoms with Crippen molar-refractivity contribution in [3.8, 4) is 5.75 Å². The lowest BCUT2D eigenvalue weighted by atomic mass is 9.72. The van der Waals surface area contributed by atoms with Crippen molar-refractivity contribution in [2.24, 2.45) is 23.7 Å². The van der Waals surface area contributed by atoms with Gasteiger partial charge in [0.25, 0.3) is 0 Å². The van der Waals surface area contributed by atoms with E-state index < -0.39 is 0 Å². The third-order valence-electron chi connectivity index (χ3n) is 6.56. The molecule has 0 aromatic heterocycles. The van der Waals surface area contributed by atoms with Crippen molar-refractivity contribution < 1.29 is 9.13 Å². The zero-order valence-electron chi connectivity index (χ0n) is 17.7. The summed E-state index contributed by atoms with van der Waals surface area (Å²) in [5.74, 6) is 2.98. The second-order valence-corrected chi connectivity index (χ2v) is 8.72. The van der Waals surface area contributed by atoms with Crippen molar-refractivity contribution in [2.45, 2.75) is 71.6 Å². The molecule has 1 aromatic carbocycles. The topological polar surface area (TPSA) is 9.23 Å². The number of rotatable bonds is 8. The van der Waals surface area contributed by atoms with Crippen molar-refractivity contribution in [1.82, 2.24) is 0 Å². The van der Waals surface area contributed by atoms with Gasteiger partial charge >= 0.3 is 0 Å². The van der Waals surface area contributed by atoms with Gasteiger partial charge in [-0.15, -0.1) is 0 Å². The number of hydrogen-bond acceptors (Lipinski definition) is 1. The lowest BCUT2D eigenvalue weighted by Crippen LogP contribution is -2.24. The first-order chi connectivity index (χ1) is 13.7. The molecule has 0 aliphatic heterocycles. The molecule has 0 N–H and O–H groups in total. The fourth-order valence-electron chi connectivity index (χ4n) is 4.83. The van der Waals surface area contributed by atoms with E-state index in [1.807, 2.05) is 6.07 Å². The number of aryl methyl sites for hydroxylation is 1. The molecule has 2 heteroatoms. The van der Waals surface area contributed by atoms with E-state index in [9.17, 15) is 4.39 Å². The molecule has 0 spiro atoms. The molecule has 154 valence electrons. The van der Waals surface area contributed by atoms with Gasteiger partial charge in [0, 0.05) is 5.92 Å². The zero-order chi connectivity index (χ0) is 19.8. The fourth-order valence-corrected chi connectivity index (χ4v) is 4.83. The largest absolute Gasteiger partial charge is 0.490 e. The van der Waals surface area contributed by atoms with Crippen LogP contribution in [0.4, 0.5) is 4.39 Å². The minimum atomic E-state index is -0.225. The fraction of sp³-hybridized carbons (Fsp3) is 0.615. The van der Waals surface area contributed by atoms with E-state index in [-0.39, 0.29) is 5.82 Å². The Balaban J connectivity index is 1.44. The Morgan fingerprint density at radius 3 is 2.50 bits per heavy atom. The van der Waals surface area contributed by atoms with Crippen LogP contribution in [0, 0.1) is 29.5 Å². The van der Waals surface area contributed by atoms with E-state index in [1.165, 1.54) is 32.1 Å². The Hall–Kier alpha value is -1.57. The van der Waals surface area contributed by atoms with E-state index in [4.69, 9.17) is 4.74 Å². The SMILES string of the molecule is CC/C=C/C1CCC(C2C=CC(COc3ccc(CCC)cc3F)CC2)CC1. The van der Waals surface area contributed by atoms with Crippen LogP contribution in [0.2, 0.25) is 0 Å². The Bertz CT molecular complexity index is 654. The summed E-state index contributed by atoms with van der Waals surface area (Å²) in [7, 11) is 0. The highest BCUT2D eigenvalue weighted by molar-refractivity contribution is 5.29. The average Bonchev–Trinajstić information content (AvgIpc) is 2.73. The van der Waals surface area contributed by atoms with Gasteiger partial charge in [0.2, 0.25) is 0 Å². The van der Waals surface area contributed by atoms with Crippen molar-refractivity contribution in [1.29, 1.82) is 0 Å². The van der Waals surface area contributed by atoms with E-state index in [0.29, 0.717) is 18.3 Å². The van der Waals surface area contributed by atoms with Crippen LogP contribution >= 0.6 is 0 Å². The summed E-state index contributed by atoms with van der Waals surface area (Å²) in [5, 5.41) is 0. The van der Waals surface area contributed by atoms with Crippen LogP contribution in [0.1, 0.15) is 70.8 Å². The first-order valence-electron chi connectivity index (χ1n) is 11.5. The van der Waals surface area contributed by atoms with Gasteiger partial charge in [0.05, 0.1) is 6.61 Å². The van der Waals surface area contributed by atoms with Crippen molar-refractivity contribution in [3.05, 3.63) is 53.9 Å². The molecule has 2 aliphatic rings. The van der Waals surface area contributed by atoms with Crippen LogP contribution in [0.15, 0.2) is 42.5 Å². The third-order valence-corrected chi connectivity index (χ3v) is 6.56. The van der Waals surface area contributed by atoms with Gasteiger partial charge in [-0.05, 0) is 86.8 Å². The summed E-state index contributed by atoms with van der Waals surface area (Å²) in [6.07, 6.45) is 20.5. The number of hydrogen-bond donors (Lipinski definition) is 0. The van der Waals surface area contributed by atoms with E-state index in [1.54, 1.807) is 12.1 Å². The summed E-state index contributed by atoms with van der Waals surface area (Å²) >= 11 is 0. The molecule has 28 heavy (non-hydrogen) atoms. The van der Waals surface area contributed by atoms with Crippen molar-refractivity contribution in [3.63, 3.8) is 0 Å². The third kappa shape index (κ3) is 5.96. The Morgan fingerprint density at radius 1 is 1.04 bits per heavy atom. The first kappa shape index (κ1) is 21.1. The van der Waals surface area contributed by atoms with Crippen molar-refractivity contribution in [2.75, 3.05) is 6.61 Å². The van der Waals surface area contributed by atoms with Crippen LogP contribution in [0.5, 0.6) is 5.75 Å². The minimum Gasteiger partial charge on any atom is -0.490 e. The van der Waals surface area contributed by atoms with Gasteiger partial charge in [-0.1, -0.05) is 50.6 Å². The molecule has 0 heterocycles. The summed E-state index contributed by atoms with van der Waals surface area (Å²) in [5.41, 5.74) is 1.05. The van der Waals surface area contributed by atoms with Crippen LogP contribution in [-0.2, 0) is 6.42 Å². The highest BCUT2D eigenvalue weighted by atomic mass is 19.1. The molecule has 0 radical (unpaired) electrons. The molecule has 3 rings (SSSR count). The molecule has 2 unspecified atom stereocenters. The molecular weight excluding hydrogens is 347 g/mol. The highest BCUT2D eigenvalue weighted by Gasteiger charge is 2.27. The number of allylic oxidation sites excluding steroid dienone is 3. The predicted molar refractivity (Wildman–Crippen MR) is 116 cm³/mol. The maximum atomic E-state index is 14.2. The number of halogens is 1. The predicted octanol–water partition coefficient (Wildman–Crippen LogP) is 7.51. The van der Waals surface area contributed by atoms with Gasteiger partial charge in [-0.2, -0.15) is 0 Å². The number of ether oxygens (including phenoxy) is 1. The smallest absolute Gasteiger partial charge is 0.165 e. The lowest BCUT2D eigenvalue weighted by Gasteiger charge is -2.34. The summed E-state index contributed by atoms with van der Waals surface area (Å²) in [4.78, 5) is 0. The van der Waals surface area contributed by atoms with E-state index >= 15 is 0 Å². The summed E-state index contributed by atoms with van der Waals surface area (Å²) < 4.78 is 20.0. The Kier molecular flexibility index (Phi) is 8.18. The molecule has 2 aliphatic carbocycles. The second-order valence-electron chi connectivity index (χ2n) is 8.72. The van der Waals surface area contributed by atoms with Crippen LogP contribution in [-0.4, -0.2) is 6.61 Å². The molecule has 0 amide bonds. The molecule has 0 saturated heterocycles.